The fourth-order valence-corrected chi connectivity index (χ4v) is 2.43. The topological polar surface area (TPSA) is 88.0 Å². The lowest BCUT2D eigenvalue weighted by Crippen LogP contribution is -2.61. The largest absolute Gasteiger partial charge is 0.549 e. The molecular formula is C14H14F6NO5-. The average Bonchev–Trinajstić information content (AvgIpc) is 2.46. The van der Waals surface area contributed by atoms with Crippen LogP contribution in [0.3, 0.4) is 0 Å². The van der Waals surface area contributed by atoms with Gasteiger partial charge < -0.3 is 19.4 Å². The summed E-state index contributed by atoms with van der Waals surface area (Å²) in [6.45, 7) is 1.97. The van der Waals surface area contributed by atoms with Crippen LogP contribution in [0.4, 0.5) is 26.3 Å². The minimum atomic E-state index is -5.55. The number of hydrogen-bond acceptors (Lipinski definition) is 6. The van der Waals surface area contributed by atoms with Gasteiger partial charge in [-0.1, -0.05) is 0 Å². The second kappa shape index (κ2) is 7.25. The average molecular weight is 390 g/mol. The number of aliphatic carboxylic acids is 1. The standard InChI is InChI=1S/C14H15F6NO5/c1-4-25-8-6(9(22)26-5-2)7(13(15,16)17)21-10(14(18,19)20)12(8,3)11(23)24/h8H,4-5H2,1-3H3,(H,23,24)/p-1. The van der Waals surface area contributed by atoms with Gasteiger partial charge in [-0.3, -0.25) is 0 Å². The highest BCUT2D eigenvalue weighted by molar-refractivity contribution is 6.12. The second-order valence-electron chi connectivity index (χ2n) is 5.26. The lowest BCUT2D eigenvalue weighted by molar-refractivity contribution is -0.318. The lowest BCUT2D eigenvalue weighted by Gasteiger charge is -2.43. The SMILES string of the molecule is CCOC(=O)C1=C(C(F)(F)F)N=C(C(F)(F)F)C(C)(C(=O)[O-])C1OCC. The van der Waals surface area contributed by atoms with Gasteiger partial charge >= 0.3 is 18.3 Å². The molecule has 0 amide bonds. The molecule has 1 rings (SSSR count). The lowest BCUT2D eigenvalue weighted by atomic mass is 9.73. The number of carboxylic acid groups (broad SMARTS) is 1. The monoisotopic (exact) mass is 390 g/mol. The zero-order chi connectivity index (χ0) is 20.5. The molecule has 0 N–H and O–H groups in total. The highest BCUT2D eigenvalue weighted by Crippen LogP contribution is 2.46. The van der Waals surface area contributed by atoms with Crippen LogP contribution in [0.1, 0.15) is 20.8 Å². The van der Waals surface area contributed by atoms with E-state index in [1.807, 2.05) is 0 Å². The molecule has 0 saturated carbocycles. The van der Waals surface area contributed by atoms with Gasteiger partial charge in [0.15, 0.2) is 5.70 Å². The van der Waals surface area contributed by atoms with Crippen LogP contribution in [0.15, 0.2) is 16.3 Å². The number of carbonyl (C=O) groups is 2. The van der Waals surface area contributed by atoms with E-state index in [0.717, 1.165) is 0 Å². The van der Waals surface area contributed by atoms with E-state index in [2.05, 4.69) is 9.73 Å². The third-order valence-electron chi connectivity index (χ3n) is 3.55. The van der Waals surface area contributed by atoms with Crippen molar-refractivity contribution in [3.8, 4) is 0 Å². The Labute approximate surface area is 143 Å². The Morgan fingerprint density at radius 2 is 1.65 bits per heavy atom. The van der Waals surface area contributed by atoms with Crippen LogP contribution in [0.2, 0.25) is 0 Å². The van der Waals surface area contributed by atoms with Crippen LogP contribution in [-0.2, 0) is 19.1 Å². The summed E-state index contributed by atoms with van der Waals surface area (Å²) in [5, 5.41) is 11.5. The molecule has 1 aliphatic rings. The molecule has 0 aromatic heterocycles. The zero-order valence-electron chi connectivity index (χ0n) is 13.7. The van der Waals surface area contributed by atoms with E-state index in [4.69, 9.17) is 4.74 Å². The molecule has 1 heterocycles. The van der Waals surface area contributed by atoms with Gasteiger partial charge in [0.1, 0.15) is 11.8 Å². The summed E-state index contributed by atoms with van der Waals surface area (Å²) in [5.74, 6) is -4.09. The van der Waals surface area contributed by atoms with Crippen LogP contribution >= 0.6 is 0 Å². The van der Waals surface area contributed by atoms with Crippen molar-refractivity contribution in [2.45, 2.75) is 39.2 Å². The van der Waals surface area contributed by atoms with E-state index < -0.39 is 66.0 Å². The predicted octanol–water partition coefficient (Wildman–Crippen LogP) is 1.54. The molecule has 0 aliphatic carbocycles. The molecule has 148 valence electrons. The maximum Gasteiger partial charge on any atom is 0.433 e. The smallest absolute Gasteiger partial charge is 0.433 e. The molecule has 0 aromatic carbocycles. The highest BCUT2D eigenvalue weighted by Gasteiger charge is 2.60. The molecule has 1 aliphatic heterocycles. The fraction of sp³-hybridized carbons (Fsp3) is 0.643. The van der Waals surface area contributed by atoms with Crippen molar-refractivity contribution >= 4 is 17.7 Å². The van der Waals surface area contributed by atoms with Crippen molar-refractivity contribution in [1.29, 1.82) is 0 Å². The van der Waals surface area contributed by atoms with E-state index >= 15 is 0 Å². The first-order chi connectivity index (χ1) is 11.7. The van der Waals surface area contributed by atoms with E-state index in [-0.39, 0.29) is 0 Å². The van der Waals surface area contributed by atoms with E-state index in [1.54, 1.807) is 0 Å². The summed E-state index contributed by atoms with van der Waals surface area (Å²) < 4.78 is 88.8. The number of rotatable bonds is 5. The minimum absolute atomic E-state index is 0.413. The summed E-state index contributed by atoms with van der Waals surface area (Å²) in [6.07, 6.45) is -13.5. The van der Waals surface area contributed by atoms with Gasteiger partial charge in [-0.25, -0.2) is 9.79 Å². The maximum absolute atomic E-state index is 13.3. The van der Waals surface area contributed by atoms with Crippen LogP contribution in [-0.4, -0.2) is 49.3 Å². The normalized spacial score (nSPS) is 24.3. The number of aliphatic imine (C=N–C) groups is 1. The van der Waals surface area contributed by atoms with Crippen LogP contribution < -0.4 is 5.11 Å². The number of carboxylic acids is 1. The fourth-order valence-electron chi connectivity index (χ4n) is 2.43. The third-order valence-corrected chi connectivity index (χ3v) is 3.55. The van der Waals surface area contributed by atoms with Gasteiger partial charge in [-0.15, -0.1) is 0 Å². The van der Waals surface area contributed by atoms with Crippen molar-refractivity contribution < 1.29 is 50.5 Å². The molecule has 6 nitrogen and oxygen atoms in total. The molecule has 12 heteroatoms. The zero-order valence-corrected chi connectivity index (χ0v) is 13.7. The predicted molar refractivity (Wildman–Crippen MR) is 71.7 cm³/mol. The Kier molecular flexibility index (Phi) is 6.12. The van der Waals surface area contributed by atoms with Gasteiger partial charge in [0.05, 0.1) is 23.6 Å². The van der Waals surface area contributed by atoms with Gasteiger partial charge in [0.2, 0.25) is 0 Å². The van der Waals surface area contributed by atoms with Crippen molar-refractivity contribution in [3.63, 3.8) is 0 Å². The molecule has 0 spiro atoms. The van der Waals surface area contributed by atoms with Crippen molar-refractivity contribution in [3.05, 3.63) is 11.3 Å². The van der Waals surface area contributed by atoms with Crippen LogP contribution in [0.25, 0.3) is 0 Å². The molecule has 0 bridgehead atoms. The number of ether oxygens (including phenoxy) is 2. The van der Waals surface area contributed by atoms with Gasteiger partial charge in [0, 0.05) is 6.61 Å². The summed E-state index contributed by atoms with van der Waals surface area (Å²) >= 11 is 0. The Hall–Kier alpha value is -2.11. The maximum atomic E-state index is 13.3. The van der Waals surface area contributed by atoms with Gasteiger partial charge in [0.25, 0.3) is 0 Å². The van der Waals surface area contributed by atoms with Gasteiger partial charge in [-0.05, 0) is 20.8 Å². The third kappa shape index (κ3) is 3.84. The van der Waals surface area contributed by atoms with E-state index in [1.165, 1.54) is 13.8 Å². The van der Waals surface area contributed by atoms with Crippen molar-refractivity contribution in [2.75, 3.05) is 13.2 Å². The molecule has 0 radical (unpaired) electrons. The molecule has 0 aromatic rings. The quantitative estimate of drug-likeness (QED) is 0.525. The van der Waals surface area contributed by atoms with Crippen molar-refractivity contribution in [1.82, 2.24) is 0 Å². The van der Waals surface area contributed by atoms with Crippen LogP contribution in [0.5, 0.6) is 0 Å². The number of allylic oxidation sites excluding steroid dienone is 1. The number of alkyl halides is 6. The first-order valence-electron chi connectivity index (χ1n) is 7.20. The molecule has 26 heavy (non-hydrogen) atoms. The van der Waals surface area contributed by atoms with E-state index in [9.17, 15) is 41.0 Å². The van der Waals surface area contributed by atoms with E-state index in [0.29, 0.717) is 6.92 Å². The number of hydrogen-bond donors (Lipinski definition) is 0. The summed E-state index contributed by atoms with van der Waals surface area (Å²) in [5.41, 5.74) is -9.17. The Morgan fingerprint density at radius 1 is 1.12 bits per heavy atom. The summed E-state index contributed by atoms with van der Waals surface area (Å²) in [6, 6.07) is 0. The molecule has 0 saturated heterocycles. The molecule has 2 atom stereocenters. The minimum Gasteiger partial charge on any atom is -0.549 e. The number of esters is 1. The highest BCUT2D eigenvalue weighted by atomic mass is 19.4. The molecule has 0 fully saturated rings. The number of carbonyl (C=O) groups excluding carboxylic acids is 2. The molecular weight excluding hydrogens is 376 g/mol. The number of nitrogens with zero attached hydrogens (tertiary/aromatic N) is 1. The summed E-state index contributed by atoms with van der Waals surface area (Å²) in [4.78, 5) is 25.9. The molecule has 2 unspecified atom stereocenters. The Bertz CT molecular complexity index is 651. The Balaban J connectivity index is 3.94. The first-order valence-corrected chi connectivity index (χ1v) is 7.20. The first kappa shape index (κ1) is 21.9. The van der Waals surface area contributed by atoms with Crippen LogP contribution in [0, 0.1) is 5.41 Å². The van der Waals surface area contributed by atoms with Gasteiger partial charge in [-0.2, -0.15) is 26.3 Å². The Morgan fingerprint density at radius 3 is 2.00 bits per heavy atom. The number of halogens is 6. The second-order valence-corrected chi connectivity index (χ2v) is 5.26. The van der Waals surface area contributed by atoms with Crippen molar-refractivity contribution in [2.24, 2.45) is 10.4 Å². The summed E-state index contributed by atoms with van der Waals surface area (Å²) in [7, 11) is 0.